The van der Waals surface area contributed by atoms with Crippen molar-refractivity contribution in [2.45, 2.75) is 24.7 Å². The quantitative estimate of drug-likeness (QED) is 0.896. The molecule has 1 aromatic carbocycles. The predicted molar refractivity (Wildman–Crippen MR) is 84.3 cm³/mol. The summed E-state index contributed by atoms with van der Waals surface area (Å²) in [6, 6.07) is 5.34. The van der Waals surface area contributed by atoms with E-state index in [2.05, 4.69) is 21.2 Å². The van der Waals surface area contributed by atoms with Crippen molar-refractivity contribution in [2.24, 2.45) is 5.92 Å². The molecule has 1 heterocycles. The summed E-state index contributed by atoms with van der Waals surface area (Å²) in [5.74, 6) is 0.445. The van der Waals surface area contributed by atoms with Crippen molar-refractivity contribution >= 4 is 26.0 Å². The number of rotatable bonds is 4. The van der Waals surface area contributed by atoms with Gasteiger partial charge in [-0.25, -0.2) is 12.7 Å². The summed E-state index contributed by atoms with van der Waals surface area (Å²) in [7, 11) is -1.75. The van der Waals surface area contributed by atoms with Gasteiger partial charge in [0, 0.05) is 18.1 Å². The molecule has 6 heteroatoms. The Morgan fingerprint density at radius 3 is 2.60 bits per heavy atom. The molecular weight excluding hydrogens is 340 g/mol. The number of hydrogen-bond donors (Lipinski definition) is 1. The van der Waals surface area contributed by atoms with E-state index in [0.29, 0.717) is 21.8 Å². The van der Waals surface area contributed by atoms with Crippen LogP contribution in [0.1, 0.15) is 18.4 Å². The largest absolute Gasteiger partial charge is 0.317 e. The molecule has 1 fully saturated rings. The van der Waals surface area contributed by atoms with E-state index in [9.17, 15) is 8.42 Å². The van der Waals surface area contributed by atoms with E-state index in [-0.39, 0.29) is 0 Å². The smallest absolute Gasteiger partial charge is 0.243 e. The Morgan fingerprint density at radius 2 is 2.00 bits per heavy atom. The third kappa shape index (κ3) is 3.61. The molecule has 0 aliphatic carbocycles. The van der Waals surface area contributed by atoms with Crippen LogP contribution < -0.4 is 5.32 Å². The van der Waals surface area contributed by atoms with Gasteiger partial charge < -0.3 is 5.32 Å². The molecule has 1 aliphatic rings. The summed E-state index contributed by atoms with van der Waals surface area (Å²) in [6.45, 7) is 4.49. The second kappa shape index (κ2) is 6.56. The maximum Gasteiger partial charge on any atom is 0.243 e. The number of piperidine rings is 1. The first kappa shape index (κ1) is 15.9. The molecule has 1 saturated heterocycles. The molecule has 0 radical (unpaired) electrons. The Labute approximate surface area is 129 Å². The van der Waals surface area contributed by atoms with Crippen molar-refractivity contribution in [3.63, 3.8) is 0 Å². The van der Waals surface area contributed by atoms with Gasteiger partial charge in [0.15, 0.2) is 0 Å². The normalized spacial score (nSPS) is 17.6. The number of nitrogens with zero attached hydrogens (tertiary/aromatic N) is 1. The van der Waals surface area contributed by atoms with Gasteiger partial charge in [-0.3, -0.25) is 0 Å². The van der Waals surface area contributed by atoms with Gasteiger partial charge >= 0.3 is 0 Å². The van der Waals surface area contributed by atoms with Crippen LogP contribution in [0.2, 0.25) is 0 Å². The van der Waals surface area contributed by atoms with Crippen LogP contribution in [-0.2, 0) is 10.0 Å². The average Bonchev–Trinajstić information content (AvgIpc) is 2.39. The SMILES string of the molecule is Cc1ccc(S(=O)(=O)N(C)CC2CCNCC2)c(Br)c1. The standard InChI is InChI=1S/C14H21BrN2O2S/c1-11-3-4-14(13(15)9-11)20(18,19)17(2)10-12-5-7-16-8-6-12/h3-4,9,12,16H,5-8,10H2,1-2H3. The molecule has 1 aromatic rings. The number of nitrogens with one attached hydrogen (secondary N) is 1. The van der Waals surface area contributed by atoms with Gasteiger partial charge in [0.05, 0.1) is 4.90 Å². The maximum absolute atomic E-state index is 12.6. The van der Waals surface area contributed by atoms with Crippen LogP contribution in [0.15, 0.2) is 27.6 Å². The number of aryl methyl sites for hydroxylation is 1. The first-order chi connectivity index (χ1) is 9.41. The van der Waals surface area contributed by atoms with Crippen LogP contribution in [-0.4, -0.2) is 39.4 Å². The van der Waals surface area contributed by atoms with Gasteiger partial charge in [0.2, 0.25) is 10.0 Å². The summed E-state index contributed by atoms with van der Waals surface area (Å²) in [5.41, 5.74) is 1.04. The molecule has 4 nitrogen and oxygen atoms in total. The van der Waals surface area contributed by atoms with E-state index >= 15 is 0 Å². The summed E-state index contributed by atoms with van der Waals surface area (Å²) in [5, 5.41) is 3.30. The molecule has 0 aromatic heterocycles. The van der Waals surface area contributed by atoms with Gasteiger partial charge in [-0.2, -0.15) is 0 Å². The molecule has 0 unspecified atom stereocenters. The van der Waals surface area contributed by atoms with Crippen LogP contribution >= 0.6 is 15.9 Å². The molecule has 0 saturated carbocycles. The predicted octanol–water partition coefficient (Wildman–Crippen LogP) is 2.38. The minimum atomic E-state index is -3.42. The summed E-state index contributed by atoms with van der Waals surface area (Å²) in [6.07, 6.45) is 2.07. The molecule has 0 bridgehead atoms. The summed E-state index contributed by atoms with van der Waals surface area (Å²) >= 11 is 3.36. The first-order valence-electron chi connectivity index (χ1n) is 6.84. The van der Waals surface area contributed by atoms with Gasteiger partial charge in [-0.1, -0.05) is 6.07 Å². The first-order valence-corrected chi connectivity index (χ1v) is 9.08. The third-order valence-electron chi connectivity index (χ3n) is 3.75. The van der Waals surface area contributed by atoms with Crippen molar-refractivity contribution < 1.29 is 8.42 Å². The van der Waals surface area contributed by atoms with Crippen molar-refractivity contribution in [3.05, 3.63) is 28.2 Å². The van der Waals surface area contributed by atoms with Crippen molar-refractivity contribution in [1.29, 1.82) is 0 Å². The van der Waals surface area contributed by atoms with Crippen LogP contribution in [0.25, 0.3) is 0 Å². The van der Waals surface area contributed by atoms with E-state index in [4.69, 9.17) is 0 Å². The van der Waals surface area contributed by atoms with Crippen LogP contribution in [0, 0.1) is 12.8 Å². The lowest BCUT2D eigenvalue weighted by Gasteiger charge is -2.27. The minimum absolute atomic E-state index is 0.347. The van der Waals surface area contributed by atoms with E-state index in [1.54, 1.807) is 13.1 Å². The van der Waals surface area contributed by atoms with Gasteiger partial charge in [0.25, 0.3) is 0 Å². The zero-order valence-corrected chi connectivity index (χ0v) is 14.3. The van der Waals surface area contributed by atoms with Crippen molar-refractivity contribution in [3.8, 4) is 0 Å². The van der Waals surface area contributed by atoms with Gasteiger partial charge in [-0.15, -0.1) is 0 Å². The van der Waals surface area contributed by atoms with Gasteiger partial charge in [-0.05, 0) is 72.4 Å². The highest BCUT2D eigenvalue weighted by Gasteiger charge is 2.26. The maximum atomic E-state index is 12.6. The lowest BCUT2D eigenvalue weighted by molar-refractivity contribution is 0.311. The Morgan fingerprint density at radius 1 is 1.35 bits per heavy atom. The lowest BCUT2D eigenvalue weighted by atomic mass is 9.98. The highest BCUT2D eigenvalue weighted by atomic mass is 79.9. The van der Waals surface area contributed by atoms with Crippen molar-refractivity contribution in [2.75, 3.05) is 26.7 Å². The molecule has 0 atom stereocenters. The van der Waals surface area contributed by atoms with Crippen LogP contribution in [0.5, 0.6) is 0 Å². The number of benzene rings is 1. The number of hydrogen-bond acceptors (Lipinski definition) is 3. The minimum Gasteiger partial charge on any atom is -0.317 e. The Kier molecular flexibility index (Phi) is 5.23. The molecule has 20 heavy (non-hydrogen) atoms. The Hall–Kier alpha value is -0.430. The second-order valence-electron chi connectivity index (χ2n) is 5.41. The fourth-order valence-electron chi connectivity index (χ4n) is 2.51. The number of halogens is 1. The fourth-order valence-corrected chi connectivity index (χ4v) is 4.90. The highest BCUT2D eigenvalue weighted by molar-refractivity contribution is 9.10. The van der Waals surface area contributed by atoms with E-state index in [0.717, 1.165) is 31.5 Å². The Bertz CT molecular complexity index is 569. The topological polar surface area (TPSA) is 49.4 Å². The highest BCUT2D eigenvalue weighted by Crippen LogP contribution is 2.26. The second-order valence-corrected chi connectivity index (χ2v) is 8.28. The van der Waals surface area contributed by atoms with Gasteiger partial charge in [0.1, 0.15) is 0 Å². The zero-order valence-electron chi connectivity index (χ0n) is 11.9. The molecule has 0 spiro atoms. The molecule has 0 amide bonds. The molecule has 1 aliphatic heterocycles. The fraction of sp³-hybridized carbons (Fsp3) is 0.571. The van der Waals surface area contributed by atoms with Crippen LogP contribution in [0.3, 0.4) is 0 Å². The zero-order chi connectivity index (χ0) is 14.8. The van der Waals surface area contributed by atoms with Crippen molar-refractivity contribution in [1.82, 2.24) is 9.62 Å². The monoisotopic (exact) mass is 360 g/mol. The van der Waals surface area contributed by atoms with E-state index in [1.165, 1.54) is 4.31 Å². The molecule has 1 N–H and O–H groups in total. The number of sulfonamides is 1. The summed E-state index contributed by atoms with van der Waals surface area (Å²) < 4.78 is 27.4. The third-order valence-corrected chi connectivity index (χ3v) is 6.55. The lowest BCUT2D eigenvalue weighted by Crippen LogP contribution is -2.37. The summed E-state index contributed by atoms with van der Waals surface area (Å²) in [4.78, 5) is 0.347. The Balaban J connectivity index is 2.16. The molecular formula is C14H21BrN2O2S. The van der Waals surface area contributed by atoms with E-state index in [1.807, 2.05) is 19.1 Å². The average molecular weight is 361 g/mol. The molecule has 2 rings (SSSR count). The molecule has 112 valence electrons. The van der Waals surface area contributed by atoms with E-state index < -0.39 is 10.0 Å². The van der Waals surface area contributed by atoms with Crippen LogP contribution in [0.4, 0.5) is 0 Å².